The molecule has 0 fully saturated rings. The second kappa shape index (κ2) is 9.96. The Morgan fingerprint density at radius 1 is 1.06 bits per heavy atom. The molecule has 1 atom stereocenters. The van der Waals surface area contributed by atoms with Gasteiger partial charge >= 0.3 is 0 Å². The van der Waals surface area contributed by atoms with E-state index >= 15 is 0 Å². The van der Waals surface area contributed by atoms with Gasteiger partial charge in [-0.25, -0.2) is 21.1 Å². The summed E-state index contributed by atoms with van der Waals surface area (Å²) < 4.78 is 57.6. The molecule has 0 bridgehead atoms. The summed E-state index contributed by atoms with van der Waals surface area (Å²) in [4.78, 5) is 12.4. The highest BCUT2D eigenvalue weighted by Crippen LogP contribution is 2.26. The maximum atomic E-state index is 12.5. The van der Waals surface area contributed by atoms with Crippen molar-refractivity contribution in [2.24, 2.45) is 0 Å². The van der Waals surface area contributed by atoms with E-state index in [4.69, 9.17) is 16.3 Å². The van der Waals surface area contributed by atoms with E-state index < -0.39 is 32.0 Å². The summed E-state index contributed by atoms with van der Waals surface area (Å²) in [6.07, 6.45) is 0. The summed E-state index contributed by atoms with van der Waals surface area (Å²) in [6, 6.07) is 8.95. The fraction of sp³-hybridized carbons (Fsp3) is 0.316. The molecule has 0 saturated carbocycles. The Kier molecular flexibility index (Phi) is 8.06. The van der Waals surface area contributed by atoms with Crippen LogP contribution in [0, 0.1) is 0 Å². The second-order valence-corrected chi connectivity index (χ2v) is 11.1. The number of nitrogens with one attached hydrogen (secondary N) is 2. The lowest BCUT2D eigenvalue weighted by Gasteiger charge is -2.15. The summed E-state index contributed by atoms with van der Waals surface area (Å²) in [5, 5.41) is 2.74. The number of carbonyl (C=O) groups excluding carboxylic acids is 1. The van der Waals surface area contributed by atoms with Gasteiger partial charge in [0.25, 0.3) is 0 Å². The minimum Gasteiger partial charge on any atom is -0.495 e. The summed E-state index contributed by atoms with van der Waals surface area (Å²) in [5.74, 6) is -0.219. The zero-order valence-corrected chi connectivity index (χ0v) is 19.8. The fourth-order valence-electron chi connectivity index (χ4n) is 2.50. The molecular weight excluding hydrogens is 466 g/mol. The van der Waals surface area contributed by atoms with Crippen LogP contribution >= 0.6 is 11.6 Å². The highest BCUT2D eigenvalue weighted by Gasteiger charge is 2.23. The minimum atomic E-state index is -3.99. The molecule has 0 heterocycles. The van der Waals surface area contributed by atoms with Crippen molar-refractivity contribution in [3.8, 4) is 5.75 Å². The first-order valence-corrected chi connectivity index (χ1v) is 12.3. The SMILES string of the molecule is COc1ccc(S(=O)(=O)N[C@H](C)C(=O)NCc2ccc(S(=O)(=O)N(C)C)cc2)cc1Cl. The number of nitrogens with zero attached hydrogens (tertiary/aromatic N) is 1. The van der Waals surface area contributed by atoms with Gasteiger partial charge in [-0.2, -0.15) is 4.72 Å². The van der Waals surface area contributed by atoms with Gasteiger partial charge in [0.05, 0.1) is 28.0 Å². The van der Waals surface area contributed by atoms with Crippen molar-refractivity contribution >= 4 is 37.6 Å². The Hall–Kier alpha value is -2.18. The molecule has 0 aliphatic carbocycles. The normalized spacial score (nSPS) is 13.1. The van der Waals surface area contributed by atoms with Crippen LogP contribution in [0.25, 0.3) is 0 Å². The van der Waals surface area contributed by atoms with Crippen molar-refractivity contribution in [1.29, 1.82) is 0 Å². The number of hydrogen-bond donors (Lipinski definition) is 2. The van der Waals surface area contributed by atoms with Gasteiger partial charge < -0.3 is 10.1 Å². The van der Waals surface area contributed by atoms with Gasteiger partial charge in [0.1, 0.15) is 5.75 Å². The molecule has 0 aliphatic rings. The largest absolute Gasteiger partial charge is 0.495 e. The van der Waals surface area contributed by atoms with Gasteiger partial charge in [-0.05, 0) is 42.8 Å². The zero-order chi connectivity index (χ0) is 23.4. The van der Waals surface area contributed by atoms with Gasteiger partial charge in [0.2, 0.25) is 26.0 Å². The van der Waals surface area contributed by atoms with E-state index in [0.717, 1.165) is 4.31 Å². The van der Waals surface area contributed by atoms with Crippen LogP contribution in [0.2, 0.25) is 5.02 Å². The Labute approximate surface area is 187 Å². The van der Waals surface area contributed by atoms with E-state index in [1.807, 2.05) is 0 Å². The van der Waals surface area contributed by atoms with Gasteiger partial charge in [-0.15, -0.1) is 0 Å². The van der Waals surface area contributed by atoms with Crippen LogP contribution in [0.15, 0.2) is 52.3 Å². The molecule has 12 heteroatoms. The van der Waals surface area contributed by atoms with E-state index in [-0.39, 0.29) is 21.4 Å². The third-order valence-corrected chi connectivity index (χ3v) is 7.99. The lowest BCUT2D eigenvalue weighted by atomic mass is 10.2. The number of carbonyl (C=O) groups is 1. The molecule has 0 aliphatic heterocycles. The molecule has 1 amide bonds. The summed E-state index contributed by atoms with van der Waals surface area (Å²) in [5.41, 5.74) is 0.656. The van der Waals surface area contributed by atoms with Gasteiger partial charge in [-0.1, -0.05) is 23.7 Å². The smallest absolute Gasteiger partial charge is 0.242 e. The molecule has 2 rings (SSSR count). The highest BCUT2D eigenvalue weighted by atomic mass is 35.5. The third kappa shape index (κ3) is 6.17. The van der Waals surface area contributed by atoms with Crippen LogP contribution < -0.4 is 14.8 Å². The molecule has 0 saturated heterocycles. The van der Waals surface area contributed by atoms with E-state index in [9.17, 15) is 21.6 Å². The molecule has 2 N–H and O–H groups in total. The molecule has 2 aromatic rings. The van der Waals surface area contributed by atoms with Crippen LogP contribution in [-0.4, -0.2) is 54.3 Å². The number of halogens is 1. The number of sulfonamides is 2. The first-order chi connectivity index (χ1) is 14.4. The van der Waals surface area contributed by atoms with E-state index in [2.05, 4.69) is 10.0 Å². The standard InChI is InChI=1S/C19H24ClN3O6S2/c1-13(22-30(25,26)16-9-10-18(29-4)17(20)11-16)19(24)21-12-14-5-7-15(8-6-14)31(27,28)23(2)3/h5-11,13,22H,12H2,1-4H3,(H,21,24)/t13-/m1/s1. The number of methoxy groups -OCH3 is 1. The number of amides is 1. The second-order valence-electron chi connectivity index (χ2n) is 6.79. The Morgan fingerprint density at radius 2 is 1.65 bits per heavy atom. The maximum absolute atomic E-state index is 12.5. The van der Waals surface area contributed by atoms with Crippen molar-refractivity contribution in [2.45, 2.75) is 29.3 Å². The van der Waals surface area contributed by atoms with E-state index in [1.165, 1.54) is 58.5 Å². The summed E-state index contributed by atoms with van der Waals surface area (Å²) >= 11 is 5.97. The topological polar surface area (TPSA) is 122 Å². The van der Waals surface area contributed by atoms with Crippen molar-refractivity contribution in [2.75, 3.05) is 21.2 Å². The fourth-order valence-corrected chi connectivity index (χ4v) is 4.95. The molecule has 0 aromatic heterocycles. The maximum Gasteiger partial charge on any atom is 0.242 e. The monoisotopic (exact) mass is 489 g/mol. The Balaban J connectivity index is 2.00. The molecule has 9 nitrogen and oxygen atoms in total. The van der Waals surface area contributed by atoms with E-state index in [1.54, 1.807) is 12.1 Å². The Morgan fingerprint density at radius 3 is 2.16 bits per heavy atom. The lowest BCUT2D eigenvalue weighted by Crippen LogP contribution is -2.44. The average molecular weight is 490 g/mol. The molecule has 2 aromatic carbocycles. The first kappa shape index (κ1) is 25.1. The highest BCUT2D eigenvalue weighted by molar-refractivity contribution is 7.89. The van der Waals surface area contributed by atoms with Gasteiger partial charge in [0.15, 0.2) is 0 Å². The van der Waals surface area contributed by atoms with Gasteiger partial charge in [-0.3, -0.25) is 4.79 Å². The van der Waals surface area contributed by atoms with Crippen molar-refractivity contribution in [3.63, 3.8) is 0 Å². The quantitative estimate of drug-likeness (QED) is 0.551. The zero-order valence-electron chi connectivity index (χ0n) is 17.4. The van der Waals surface area contributed by atoms with E-state index in [0.29, 0.717) is 11.3 Å². The predicted octanol–water partition coefficient (Wildman–Crippen LogP) is 1.58. The summed E-state index contributed by atoms with van der Waals surface area (Å²) in [7, 11) is -3.24. The number of benzene rings is 2. The molecular formula is C19H24ClN3O6S2. The van der Waals surface area contributed by atoms with Crippen LogP contribution in [0.1, 0.15) is 12.5 Å². The lowest BCUT2D eigenvalue weighted by molar-refractivity contribution is -0.122. The van der Waals surface area contributed by atoms with Crippen LogP contribution in [-0.2, 0) is 31.4 Å². The van der Waals surface area contributed by atoms with Crippen molar-refractivity contribution in [1.82, 2.24) is 14.3 Å². The molecule has 0 unspecified atom stereocenters. The molecule has 0 spiro atoms. The molecule has 0 radical (unpaired) electrons. The molecule has 31 heavy (non-hydrogen) atoms. The Bertz CT molecular complexity index is 1150. The van der Waals surface area contributed by atoms with Crippen molar-refractivity contribution in [3.05, 3.63) is 53.1 Å². The minimum absolute atomic E-state index is 0.0988. The summed E-state index contributed by atoms with van der Waals surface area (Å²) in [6.45, 7) is 1.51. The van der Waals surface area contributed by atoms with Crippen LogP contribution in [0.4, 0.5) is 0 Å². The van der Waals surface area contributed by atoms with Crippen LogP contribution in [0.3, 0.4) is 0 Å². The van der Waals surface area contributed by atoms with Crippen LogP contribution in [0.5, 0.6) is 5.75 Å². The average Bonchev–Trinajstić information content (AvgIpc) is 2.71. The van der Waals surface area contributed by atoms with Gasteiger partial charge in [0, 0.05) is 20.6 Å². The number of rotatable bonds is 9. The number of ether oxygens (including phenoxy) is 1. The van der Waals surface area contributed by atoms with Crippen molar-refractivity contribution < 1.29 is 26.4 Å². The molecule has 170 valence electrons. The predicted molar refractivity (Wildman–Crippen MR) is 117 cm³/mol. The number of hydrogen-bond acceptors (Lipinski definition) is 6. The third-order valence-electron chi connectivity index (χ3n) is 4.33. The first-order valence-electron chi connectivity index (χ1n) is 9.03.